The van der Waals surface area contributed by atoms with E-state index in [1.54, 1.807) is 0 Å². The number of aromatic nitrogens is 3. The predicted octanol–water partition coefficient (Wildman–Crippen LogP) is 2.29. The number of rotatable bonds is 5. The molecule has 0 radical (unpaired) electrons. The van der Waals surface area contributed by atoms with Crippen molar-refractivity contribution in [1.82, 2.24) is 20.4 Å². The molecular formula is C14H20N4O. The molecule has 102 valence electrons. The van der Waals surface area contributed by atoms with Crippen LogP contribution in [0.5, 0.6) is 0 Å². The van der Waals surface area contributed by atoms with E-state index in [0.29, 0.717) is 17.8 Å². The van der Waals surface area contributed by atoms with E-state index in [1.807, 2.05) is 26.0 Å². The average Bonchev–Trinajstić information content (AvgIpc) is 2.76. The van der Waals surface area contributed by atoms with E-state index in [0.717, 1.165) is 29.9 Å². The Bertz CT molecular complexity index is 528. The van der Waals surface area contributed by atoms with Gasteiger partial charge in [0.25, 0.3) is 0 Å². The van der Waals surface area contributed by atoms with Gasteiger partial charge in [-0.05, 0) is 26.0 Å². The standard InChI is InChI=1S/C14H20N4O/c1-9(2)15-6-5-13-17-14(18-19-13)12-7-10(3)16-11(4)8-12/h7-9,15H,5-6H2,1-4H3. The van der Waals surface area contributed by atoms with Crippen LogP contribution in [-0.4, -0.2) is 27.7 Å². The van der Waals surface area contributed by atoms with Gasteiger partial charge in [-0.25, -0.2) is 0 Å². The molecular weight excluding hydrogens is 240 g/mol. The molecule has 0 atom stereocenters. The summed E-state index contributed by atoms with van der Waals surface area (Å²) in [6, 6.07) is 4.40. The fourth-order valence-corrected chi connectivity index (χ4v) is 1.91. The number of hydrogen-bond donors (Lipinski definition) is 1. The van der Waals surface area contributed by atoms with Gasteiger partial charge in [0.15, 0.2) is 0 Å². The van der Waals surface area contributed by atoms with Gasteiger partial charge in [-0.3, -0.25) is 4.98 Å². The van der Waals surface area contributed by atoms with Gasteiger partial charge in [0.2, 0.25) is 11.7 Å². The molecule has 2 aromatic heterocycles. The Hall–Kier alpha value is -1.75. The molecule has 0 saturated carbocycles. The highest BCUT2D eigenvalue weighted by molar-refractivity contribution is 5.55. The van der Waals surface area contributed by atoms with Crippen molar-refractivity contribution in [3.63, 3.8) is 0 Å². The Kier molecular flexibility index (Phi) is 4.27. The van der Waals surface area contributed by atoms with Gasteiger partial charge in [-0.2, -0.15) is 4.98 Å². The third-order valence-corrected chi connectivity index (χ3v) is 2.70. The molecule has 2 heterocycles. The lowest BCUT2D eigenvalue weighted by molar-refractivity contribution is 0.374. The van der Waals surface area contributed by atoms with Gasteiger partial charge in [0.1, 0.15) is 0 Å². The summed E-state index contributed by atoms with van der Waals surface area (Å²) in [5.74, 6) is 1.29. The first-order valence-electron chi connectivity index (χ1n) is 6.56. The van der Waals surface area contributed by atoms with Crippen LogP contribution in [0.3, 0.4) is 0 Å². The normalized spacial score (nSPS) is 11.2. The average molecular weight is 260 g/mol. The Morgan fingerprint density at radius 2 is 1.84 bits per heavy atom. The maximum atomic E-state index is 5.26. The first-order valence-corrected chi connectivity index (χ1v) is 6.56. The minimum Gasteiger partial charge on any atom is -0.339 e. The molecule has 1 N–H and O–H groups in total. The Balaban J connectivity index is 2.07. The zero-order valence-corrected chi connectivity index (χ0v) is 11.9. The molecule has 0 spiro atoms. The highest BCUT2D eigenvalue weighted by Gasteiger charge is 2.09. The zero-order chi connectivity index (χ0) is 13.8. The van der Waals surface area contributed by atoms with Crippen LogP contribution in [0.2, 0.25) is 0 Å². The number of nitrogens with zero attached hydrogens (tertiary/aromatic N) is 3. The van der Waals surface area contributed by atoms with Crippen LogP contribution in [0.15, 0.2) is 16.7 Å². The molecule has 0 aromatic carbocycles. The predicted molar refractivity (Wildman–Crippen MR) is 73.8 cm³/mol. The molecule has 5 heteroatoms. The lowest BCUT2D eigenvalue weighted by atomic mass is 10.2. The minimum atomic E-state index is 0.466. The molecule has 5 nitrogen and oxygen atoms in total. The molecule has 0 fully saturated rings. The molecule has 0 aliphatic rings. The summed E-state index contributed by atoms with van der Waals surface area (Å²) in [5.41, 5.74) is 2.88. The van der Waals surface area contributed by atoms with E-state index in [9.17, 15) is 0 Å². The second-order valence-corrected chi connectivity index (χ2v) is 5.01. The Labute approximate surface area is 113 Å². The molecule has 0 amide bonds. The van der Waals surface area contributed by atoms with Crippen molar-refractivity contribution >= 4 is 0 Å². The monoisotopic (exact) mass is 260 g/mol. The summed E-state index contributed by atoms with van der Waals surface area (Å²) in [7, 11) is 0. The van der Waals surface area contributed by atoms with Crippen LogP contribution in [0.1, 0.15) is 31.1 Å². The molecule has 0 bridgehead atoms. The largest absolute Gasteiger partial charge is 0.339 e. The van der Waals surface area contributed by atoms with E-state index >= 15 is 0 Å². The summed E-state index contributed by atoms with van der Waals surface area (Å²) in [6.07, 6.45) is 0.744. The van der Waals surface area contributed by atoms with E-state index in [2.05, 4.69) is 34.3 Å². The number of nitrogens with one attached hydrogen (secondary N) is 1. The van der Waals surface area contributed by atoms with Crippen molar-refractivity contribution in [2.24, 2.45) is 0 Å². The van der Waals surface area contributed by atoms with Crippen LogP contribution in [0.4, 0.5) is 0 Å². The minimum absolute atomic E-state index is 0.466. The van der Waals surface area contributed by atoms with Crippen molar-refractivity contribution in [2.45, 2.75) is 40.2 Å². The fraction of sp³-hybridized carbons (Fsp3) is 0.500. The van der Waals surface area contributed by atoms with Crippen molar-refractivity contribution in [3.05, 3.63) is 29.4 Å². The van der Waals surface area contributed by atoms with E-state index < -0.39 is 0 Å². The molecule has 2 rings (SSSR count). The van der Waals surface area contributed by atoms with Gasteiger partial charge in [0, 0.05) is 36.0 Å². The summed E-state index contributed by atoms with van der Waals surface area (Å²) in [4.78, 5) is 8.75. The maximum absolute atomic E-state index is 5.26. The first-order chi connectivity index (χ1) is 9.04. The quantitative estimate of drug-likeness (QED) is 0.893. The molecule has 0 aliphatic heterocycles. The molecule has 0 unspecified atom stereocenters. The van der Waals surface area contributed by atoms with E-state index in [4.69, 9.17) is 4.52 Å². The second-order valence-electron chi connectivity index (χ2n) is 5.01. The Morgan fingerprint density at radius 1 is 1.16 bits per heavy atom. The van der Waals surface area contributed by atoms with Gasteiger partial charge >= 0.3 is 0 Å². The van der Waals surface area contributed by atoms with Gasteiger partial charge in [0.05, 0.1) is 0 Å². The molecule has 2 aromatic rings. The van der Waals surface area contributed by atoms with E-state index in [-0.39, 0.29) is 0 Å². The van der Waals surface area contributed by atoms with Crippen molar-refractivity contribution in [1.29, 1.82) is 0 Å². The van der Waals surface area contributed by atoms with Crippen LogP contribution in [0.25, 0.3) is 11.4 Å². The molecule has 0 saturated heterocycles. The fourth-order valence-electron chi connectivity index (χ4n) is 1.91. The van der Waals surface area contributed by atoms with Gasteiger partial charge in [-0.1, -0.05) is 19.0 Å². The molecule has 0 aliphatic carbocycles. The highest BCUT2D eigenvalue weighted by Crippen LogP contribution is 2.17. The van der Waals surface area contributed by atoms with Crippen LogP contribution < -0.4 is 5.32 Å². The Morgan fingerprint density at radius 3 is 2.47 bits per heavy atom. The lowest BCUT2D eigenvalue weighted by Crippen LogP contribution is -2.25. The van der Waals surface area contributed by atoms with Crippen LogP contribution in [-0.2, 0) is 6.42 Å². The third-order valence-electron chi connectivity index (χ3n) is 2.70. The number of aryl methyl sites for hydroxylation is 2. The van der Waals surface area contributed by atoms with Gasteiger partial charge < -0.3 is 9.84 Å². The topological polar surface area (TPSA) is 63.8 Å². The highest BCUT2D eigenvalue weighted by atomic mass is 16.5. The SMILES string of the molecule is Cc1cc(-c2noc(CCNC(C)C)n2)cc(C)n1. The van der Waals surface area contributed by atoms with Gasteiger partial charge in [-0.15, -0.1) is 0 Å². The number of hydrogen-bond acceptors (Lipinski definition) is 5. The van der Waals surface area contributed by atoms with Crippen molar-refractivity contribution in [2.75, 3.05) is 6.54 Å². The van der Waals surface area contributed by atoms with E-state index in [1.165, 1.54) is 0 Å². The second kappa shape index (κ2) is 5.93. The zero-order valence-electron chi connectivity index (χ0n) is 11.9. The summed E-state index contributed by atoms with van der Waals surface area (Å²) >= 11 is 0. The summed E-state index contributed by atoms with van der Waals surface area (Å²) in [5, 5.41) is 7.35. The number of pyridine rings is 1. The van der Waals surface area contributed by atoms with Crippen LogP contribution >= 0.6 is 0 Å². The smallest absolute Gasteiger partial charge is 0.228 e. The summed E-state index contributed by atoms with van der Waals surface area (Å²) < 4.78 is 5.26. The third kappa shape index (κ3) is 3.86. The van der Waals surface area contributed by atoms with Crippen LogP contribution in [0, 0.1) is 13.8 Å². The summed E-state index contributed by atoms with van der Waals surface area (Å²) in [6.45, 7) is 8.99. The maximum Gasteiger partial charge on any atom is 0.228 e. The lowest BCUT2D eigenvalue weighted by Gasteiger charge is -2.04. The molecule has 19 heavy (non-hydrogen) atoms. The van der Waals surface area contributed by atoms with Crippen molar-refractivity contribution in [3.8, 4) is 11.4 Å². The van der Waals surface area contributed by atoms with Crippen molar-refractivity contribution < 1.29 is 4.52 Å². The first kappa shape index (κ1) is 13.7.